The predicted octanol–water partition coefficient (Wildman–Crippen LogP) is 2.34. The van der Waals surface area contributed by atoms with Gasteiger partial charge in [0.15, 0.2) is 0 Å². The predicted molar refractivity (Wildman–Crippen MR) is 78.7 cm³/mol. The number of nitrogens with zero attached hydrogens (tertiary/aromatic N) is 1. The molecule has 2 aliphatic rings. The van der Waals surface area contributed by atoms with Crippen LogP contribution in [0.2, 0.25) is 0 Å². The van der Waals surface area contributed by atoms with Gasteiger partial charge in [-0.25, -0.2) is 4.79 Å². The second-order valence-electron chi connectivity index (χ2n) is 5.49. The van der Waals surface area contributed by atoms with Gasteiger partial charge >= 0.3 is 5.97 Å². The molecule has 3 rings (SSSR count). The summed E-state index contributed by atoms with van der Waals surface area (Å²) in [4.78, 5) is 40.1. The van der Waals surface area contributed by atoms with Crippen molar-refractivity contribution in [2.75, 3.05) is 0 Å². The first-order chi connectivity index (χ1) is 10.6. The minimum absolute atomic E-state index is 0.0998. The highest BCUT2D eigenvalue weighted by atomic mass is 16.7. The third-order valence-electron chi connectivity index (χ3n) is 3.95. The quantitative estimate of drug-likeness (QED) is 0.621. The molecule has 0 aromatic heterocycles. The summed E-state index contributed by atoms with van der Waals surface area (Å²) in [6.07, 6.45) is 8.28. The summed E-state index contributed by atoms with van der Waals surface area (Å²) in [5.41, 5.74) is 2.72. The van der Waals surface area contributed by atoms with Crippen molar-refractivity contribution in [1.82, 2.24) is 5.06 Å². The fourth-order valence-electron chi connectivity index (χ4n) is 2.74. The molecular weight excluding hydrogens is 282 g/mol. The smallest absolute Gasteiger partial charge is 0.325 e. The molecule has 0 atom stereocenters. The summed E-state index contributed by atoms with van der Waals surface area (Å²) in [5.74, 6) is -1.59. The maximum atomic E-state index is 12.1. The standard InChI is InChI=1S/C17H17NO4/c19-15-9-10-16(20)18(15)22-17(21)14-8-7-12-5-3-1-2-4-6-13(12)11-14/h1-2,7-8,11H,3-6,9-10H2/b2-1+. The highest BCUT2D eigenvalue weighted by Gasteiger charge is 2.33. The maximum absolute atomic E-state index is 12.1. The van der Waals surface area contributed by atoms with Crippen molar-refractivity contribution in [3.8, 4) is 0 Å². The number of benzene rings is 1. The number of hydrogen-bond acceptors (Lipinski definition) is 4. The Morgan fingerprint density at radius 2 is 1.55 bits per heavy atom. The Kier molecular flexibility index (Phi) is 4.04. The van der Waals surface area contributed by atoms with Crippen LogP contribution in [-0.4, -0.2) is 22.8 Å². The summed E-state index contributed by atoms with van der Waals surface area (Å²) in [7, 11) is 0. The van der Waals surface area contributed by atoms with Gasteiger partial charge in [-0.15, -0.1) is 5.06 Å². The van der Waals surface area contributed by atoms with Crippen LogP contribution in [0.15, 0.2) is 30.4 Å². The van der Waals surface area contributed by atoms with Gasteiger partial charge in [-0.3, -0.25) is 9.59 Å². The van der Waals surface area contributed by atoms with E-state index in [0.29, 0.717) is 10.6 Å². The molecule has 0 spiro atoms. The first-order valence-corrected chi connectivity index (χ1v) is 7.50. The average Bonchev–Trinajstić information content (AvgIpc) is 2.79. The third-order valence-corrected chi connectivity index (χ3v) is 3.95. The van der Waals surface area contributed by atoms with Gasteiger partial charge in [0.05, 0.1) is 5.56 Å². The maximum Gasteiger partial charge on any atom is 0.363 e. The molecule has 0 bridgehead atoms. The lowest BCUT2D eigenvalue weighted by Gasteiger charge is -2.15. The van der Waals surface area contributed by atoms with Crippen LogP contribution in [0.25, 0.3) is 0 Å². The van der Waals surface area contributed by atoms with Crippen molar-refractivity contribution in [1.29, 1.82) is 0 Å². The van der Waals surface area contributed by atoms with Crippen LogP contribution < -0.4 is 0 Å². The summed E-state index contributed by atoms with van der Waals surface area (Å²) in [5, 5.41) is 0.585. The molecular formula is C17H17NO4. The molecule has 1 saturated heterocycles. The van der Waals surface area contributed by atoms with Crippen LogP contribution in [0, 0.1) is 0 Å². The number of carbonyl (C=O) groups excluding carboxylic acids is 3. The van der Waals surface area contributed by atoms with Crippen LogP contribution in [0.4, 0.5) is 0 Å². The molecule has 1 aliphatic carbocycles. The lowest BCUT2D eigenvalue weighted by atomic mass is 9.95. The first-order valence-electron chi connectivity index (χ1n) is 7.50. The zero-order chi connectivity index (χ0) is 15.5. The summed E-state index contributed by atoms with van der Waals surface area (Å²) in [6, 6.07) is 5.43. The van der Waals surface area contributed by atoms with Crippen molar-refractivity contribution in [3.63, 3.8) is 0 Å². The number of carbonyl (C=O) groups is 3. The van der Waals surface area contributed by atoms with Gasteiger partial charge in [-0.2, -0.15) is 0 Å². The second kappa shape index (κ2) is 6.13. The van der Waals surface area contributed by atoms with Gasteiger partial charge in [0, 0.05) is 12.8 Å². The number of allylic oxidation sites excluding steroid dienone is 2. The number of hydrogen-bond donors (Lipinski definition) is 0. The van der Waals surface area contributed by atoms with E-state index in [1.54, 1.807) is 6.07 Å². The van der Waals surface area contributed by atoms with Crippen molar-refractivity contribution >= 4 is 17.8 Å². The van der Waals surface area contributed by atoms with Crippen molar-refractivity contribution in [3.05, 3.63) is 47.0 Å². The molecule has 0 N–H and O–H groups in total. The summed E-state index contributed by atoms with van der Waals surface area (Å²) in [6.45, 7) is 0. The third kappa shape index (κ3) is 2.93. The average molecular weight is 299 g/mol. The Morgan fingerprint density at radius 3 is 2.23 bits per heavy atom. The van der Waals surface area contributed by atoms with Crippen molar-refractivity contribution in [2.24, 2.45) is 0 Å². The molecule has 0 radical (unpaired) electrons. The molecule has 0 saturated carbocycles. The minimum atomic E-state index is -0.663. The fourth-order valence-corrected chi connectivity index (χ4v) is 2.74. The molecule has 22 heavy (non-hydrogen) atoms. The van der Waals surface area contributed by atoms with Gasteiger partial charge in [0.1, 0.15) is 0 Å². The number of imide groups is 1. The van der Waals surface area contributed by atoms with E-state index >= 15 is 0 Å². The highest BCUT2D eigenvalue weighted by molar-refractivity contribution is 6.02. The fraction of sp³-hybridized carbons (Fsp3) is 0.353. The molecule has 114 valence electrons. The van der Waals surface area contributed by atoms with Gasteiger partial charge in [0.2, 0.25) is 0 Å². The number of fused-ring (bicyclic) bond motifs is 1. The summed E-state index contributed by atoms with van der Waals surface area (Å²) < 4.78 is 0. The van der Waals surface area contributed by atoms with Gasteiger partial charge < -0.3 is 4.84 Å². The molecule has 0 unspecified atom stereocenters. The topological polar surface area (TPSA) is 63.7 Å². The molecule has 2 amide bonds. The lowest BCUT2D eigenvalue weighted by Crippen LogP contribution is -2.32. The van der Waals surface area contributed by atoms with Crippen LogP contribution in [-0.2, 0) is 27.3 Å². The van der Waals surface area contributed by atoms with Crippen LogP contribution >= 0.6 is 0 Å². The molecule has 5 heteroatoms. The van der Waals surface area contributed by atoms with Crippen molar-refractivity contribution in [2.45, 2.75) is 38.5 Å². The Morgan fingerprint density at radius 1 is 0.909 bits per heavy atom. The van der Waals surface area contributed by atoms with E-state index in [1.807, 2.05) is 12.1 Å². The van der Waals surface area contributed by atoms with E-state index in [1.165, 1.54) is 5.56 Å². The molecule has 1 fully saturated rings. The Balaban J connectivity index is 1.77. The van der Waals surface area contributed by atoms with E-state index in [0.717, 1.165) is 31.2 Å². The van der Waals surface area contributed by atoms with Gasteiger partial charge in [0.25, 0.3) is 11.8 Å². The Bertz CT molecular complexity index is 647. The summed E-state index contributed by atoms with van der Waals surface area (Å²) >= 11 is 0. The van der Waals surface area contributed by atoms with E-state index in [9.17, 15) is 14.4 Å². The number of rotatable bonds is 2. The van der Waals surface area contributed by atoms with Crippen LogP contribution in [0.3, 0.4) is 0 Å². The van der Waals surface area contributed by atoms with Crippen molar-refractivity contribution < 1.29 is 19.2 Å². The van der Waals surface area contributed by atoms with Gasteiger partial charge in [-0.05, 0) is 48.9 Å². The van der Waals surface area contributed by atoms with E-state index in [4.69, 9.17) is 4.84 Å². The van der Waals surface area contributed by atoms with Gasteiger partial charge in [-0.1, -0.05) is 18.2 Å². The first kappa shape index (κ1) is 14.5. The number of aryl methyl sites for hydroxylation is 2. The molecule has 1 aromatic rings. The number of amides is 2. The number of hydroxylamine groups is 2. The normalized spacial score (nSPS) is 19.4. The van der Waals surface area contributed by atoms with Crippen LogP contribution in [0.1, 0.15) is 47.2 Å². The van der Waals surface area contributed by atoms with Crippen LogP contribution in [0.5, 0.6) is 0 Å². The van der Waals surface area contributed by atoms with E-state index in [2.05, 4.69) is 12.2 Å². The van der Waals surface area contributed by atoms with E-state index < -0.39 is 17.8 Å². The second-order valence-corrected chi connectivity index (χ2v) is 5.49. The SMILES string of the molecule is O=C(ON1C(=O)CCC1=O)c1ccc2c(c1)CC/C=C/CC2. The minimum Gasteiger partial charge on any atom is -0.325 e. The van der Waals surface area contributed by atoms with E-state index in [-0.39, 0.29) is 12.8 Å². The lowest BCUT2D eigenvalue weighted by molar-refractivity contribution is -0.172. The molecule has 1 heterocycles. The Hall–Kier alpha value is -2.43. The molecule has 1 aliphatic heterocycles. The molecule has 1 aromatic carbocycles. The Labute approximate surface area is 128 Å². The highest BCUT2D eigenvalue weighted by Crippen LogP contribution is 2.20. The molecule has 5 nitrogen and oxygen atoms in total. The zero-order valence-electron chi connectivity index (χ0n) is 12.2. The monoisotopic (exact) mass is 299 g/mol. The largest absolute Gasteiger partial charge is 0.363 e. The zero-order valence-corrected chi connectivity index (χ0v) is 12.2.